The van der Waals surface area contributed by atoms with Gasteiger partial charge in [0, 0.05) is 36.8 Å². The molecule has 2 unspecified atom stereocenters. The van der Waals surface area contributed by atoms with Crippen LogP contribution in [0.1, 0.15) is 6.42 Å². The fourth-order valence-electron chi connectivity index (χ4n) is 3.41. The summed E-state index contributed by atoms with van der Waals surface area (Å²) in [6.07, 6.45) is 5.19. The number of thiazole rings is 1. The molecule has 0 spiro atoms. The SMILES string of the molecule is CSc1ccc(-c2nccs2)n2nc(N3CC4CC(C3)N4)nc12. The summed E-state index contributed by atoms with van der Waals surface area (Å²) in [5.74, 6) is 0.834. The number of nitrogens with one attached hydrogen (secondary N) is 1. The molecule has 0 radical (unpaired) electrons. The Morgan fingerprint density at radius 3 is 2.83 bits per heavy atom. The molecule has 23 heavy (non-hydrogen) atoms. The number of aromatic nitrogens is 4. The monoisotopic (exact) mass is 344 g/mol. The van der Waals surface area contributed by atoms with Crippen LogP contribution in [-0.4, -0.2) is 51.0 Å². The van der Waals surface area contributed by atoms with E-state index in [2.05, 4.69) is 33.6 Å². The number of pyridine rings is 1. The van der Waals surface area contributed by atoms with Gasteiger partial charge in [0.05, 0.1) is 4.90 Å². The van der Waals surface area contributed by atoms with Crippen molar-refractivity contribution in [2.24, 2.45) is 0 Å². The molecule has 3 aliphatic rings. The van der Waals surface area contributed by atoms with E-state index < -0.39 is 0 Å². The van der Waals surface area contributed by atoms with E-state index in [1.54, 1.807) is 23.1 Å². The van der Waals surface area contributed by atoms with Crippen molar-refractivity contribution in [1.82, 2.24) is 24.9 Å². The third-order valence-electron chi connectivity index (χ3n) is 4.51. The number of hydrogen-bond donors (Lipinski definition) is 1. The predicted octanol–water partition coefficient (Wildman–Crippen LogP) is 2.13. The molecule has 6 rings (SSSR count). The lowest BCUT2D eigenvalue weighted by molar-refractivity contribution is 0.224. The maximum atomic E-state index is 4.84. The molecule has 2 bridgehead atoms. The lowest BCUT2D eigenvalue weighted by atomic mass is 9.92. The van der Waals surface area contributed by atoms with Crippen LogP contribution in [0.25, 0.3) is 16.3 Å². The largest absolute Gasteiger partial charge is 0.336 e. The molecule has 3 aliphatic heterocycles. The molecule has 3 aromatic rings. The number of nitrogens with zero attached hydrogens (tertiary/aromatic N) is 5. The second-order valence-electron chi connectivity index (χ2n) is 5.97. The minimum Gasteiger partial charge on any atom is -0.336 e. The Labute approximate surface area is 141 Å². The molecule has 6 nitrogen and oxygen atoms in total. The van der Waals surface area contributed by atoms with Gasteiger partial charge in [-0.25, -0.2) is 9.50 Å². The van der Waals surface area contributed by atoms with Gasteiger partial charge in [-0.15, -0.1) is 28.2 Å². The van der Waals surface area contributed by atoms with Gasteiger partial charge in [0.15, 0.2) is 5.65 Å². The smallest absolute Gasteiger partial charge is 0.245 e. The lowest BCUT2D eigenvalue weighted by Gasteiger charge is -2.47. The van der Waals surface area contributed by atoms with Gasteiger partial charge in [-0.05, 0) is 24.8 Å². The van der Waals surface area contributed by atoms with Crippen molar-refractivity contribution in [3.63, 3.8) is 0 Å². The zero-order chi connectivity index (χ0) is 15.4. The van der Waals surface area contributed by atoms with E-state index in [0.717, 1.165) is 40.3 Å². The van der Waals surface area contributed by atoms with Gasteiger partial charge in [0.1, 0.15) is 10.7 Å². The van der Waals surface area contributed by atoms with Crippen molar-refractivity contribution in [3.8, 4) is 10.7 Å². The van der Waals surface area contributed by atoms with Crippen LogP contribution in [0.4, 0.5) is 5.95 Å². The molecule has 1 N–H and O–H groups in total. The number of rotatable bonds is 3. The highest BCUT2D eigenvalue weighted by atomic mass is 32.2. The summed E-state index contributed by atoms with van der Waals surface area (Å²) in [6, 6.07) is 5.40. The fourth-order valence-corrected chi connectivity index (χ4v) is 4.58. The molecule has 2 atom stereocenters. The number of fused-ring (bicyclic) bond motifs is 3. The first-order valence-electron chi connectivity index (χ1n) is 7.66. The molecular formula is C15H16N6S2. The van der Waals surface area contributed by atoms with E-state index in [9.17, 15) is 0 Å². The van der Waals surface area contributed by atoms with Gasteiger partial charge in [-0.3, -0.25) is 0 Å². The maximum absolute atomic E-state index is 4.84. The predicted molar refractivity (Wildman–Crippen MR) is 93.4 cm³/mol. The van der Waals surface area contributed by atoms with E-state index >= 15 is 0 Å². The molecular weight excluding hydrogens is 328 g/mol. The van der Waals surface area contributed by atoms with Crippen LogP contribution in [0.3, 0.4) is 0 Å². The van der Waals surface area contributed by atoms with Gasteiger partial charge in [0.2, 0.25) is 5.95 Å². The van der Waals surface area contributed by atoms with Crippen molar-refractivity contribution >= 4 is 34.7 Å². The highest BCUT2D eigenvalue weighted by Crippen LogP contribution is 2.30. The van der Waals surface area contributed by atoms with Crippen molar-refractivity contribution < 1.29 is 0 Å². The van der Waals surface area contributed by atoms with Crippen LogP contribution < -0.4 is 10.2 Å². The molecule has 3 aromatic heterocycles. The van der Waals surface area contributed by atoms with E-state index in [-0.39, 0.29) is 0 Å². The van der Waals surface area contributed by atoms with Crippen molar-refractivity contribution in [2.45, 2.75) is 23.4 Å². The van der Waals surface area contributed by atoms with E-state index in [1.807, 2.05) is 16.1 Å². The van der Waals surface area contributed by atoms with E-state index in [1.165, 1.54) is 6.42 Å². The summed E-state index contributed by atoms with van der Waals surface area (Å²) >= 11 is 3.33. The number of piperidine rings is 1. The summed E-state index contributed by atoms with van der Waals surface area (Å²) in [6.45, 7) is 1.99. The summed E-state index contributed by atoms with van der Waals surface area (Å²) in [5.41, 5.74) is 1.93. The van der Waals surface area contributed by atoms with Crippen molar-refractivity contribution in [1.29, 1.82) is 0 Å². The third kappa shape index (κ3) is 2.16. The fraction of sp³-hybridized carbons (Fsp3) is 0.400. The van der Waals surface area contributed by atoms with Crippen molar-refractivity contribution in [3.05, 3.63) is 23.7 Å². The summed E-state index contributed by atoms with van der Waals surface area (Å²) < 4.78 is 1.95. The number of hydrogen-bond acceptors (Lipinski definition) is 7. The molecule has 0 amide bonds. The standard InChI is InChI=1S/C15H16N6S2/c1-22-12-3-2-11(14-16-4-5-23-14)21-13(12)18-15(19-21)20-7-9-6-10(8-20)17-9/h2-5,9-10,17H,6-8H2,1H3. The Balaban J connectivity index is 1.64. The molecule has 6 heterocycles. The van der Waals surface area contributed by atoms with Gasteiger partial charge >= 0.3 is 0 Å². The molecule has 0 saturated carbocycles. The van der Waals surface area contributed by atoms with Crippen LogP contribution in [0.2, 0.25) is 0 Å². The van der Waals surface area contributed by atoms with Crippen LogP contribution in [0.5, 0.6) is 0 Å². The number of piperazine rings is 1. The van der Waals surface area contributed by atoms with E-state index in [0.29, 0.717) is 12.1 Å². The minimum absolute atomic E-state index is 0.596. The zero-order valence-electron chi connectivity index (χ0n) is 12.6. The van der Waals surface area contributed by atoms with Crippen molar-refractivity contribution in [2.75, 3.05) is 24.2 Å². The van der Waals surface area contributed by atoms with Crippen LogP contribution in [-0.2, 0) is 0 Å². The van der Waals surface area contributed by atoms with Crippen LogP contribution in [0.15, 0.2) is 28.6 Å². The maximum Gasteiger partial charge on any atom is 0.245 e. The van der Waals surface area contributed by atoms with Crippen LogP contribution in [0, 0.1) is 0 Å². The number of anilines is 1. The second kappa shape index (κ2) is 5.19. The van der Waals surface area contributed by atoms with Gasteiger partial charge < -0.3 is 10.2 Å². The Morgan fingerprint density at radius 2 is 2.13 bits per heavy atom. The summed E-state index contributed by atoms with van der Waals surface area (Å²) in [5, 5.41) is 11.3. The average molecular weight is 344 g/mol. The first-order chi connectivity index (χ1) is 11.3. The minimum atomic E-state index is 0.596. The first-order valence-corrected chi connectivity index (χ1v) is 9.77. The summed E-state index contributed by atoms with van der Waals surface area (Å²) in [4.78, 5) is 12.7. The second-order valence-corrected chi connectivity index (χ2v) is 7.72. The molecule has 0 aliphatic carbocycles. The molecule has 3 fully saturated rings. The van der Waals surface area contributed by atoms with Gasteiger partial charge in [-0.1, -0.05) is 0 Å². The van der Waals surface area contributed by atoms with Gasteiger partial charge in [-0.2, -0.15) is 4.98 Å². The Kier molecular flexibility index (Phi) is 3.10. The quantitative estimate of drug-likeness (QED) is 0.735. The first kappa shape index (κ1) is 13.8. The Bertz CT molecular complexity index is 842. The normalized spacial score (nSPS) is 23.3. The molecule has 8 heteroatoms. The third-order valence-corrected chi connectivity index (χ3v) is 6.07. The topological polar surface area (TPSA) is 58.4 Å². The molecule has 3 saturated heterocycles. The Morgan fingerprint density at radius 1 is 1.30 bits per heavy atom. The van der Waals surface area contributed by atoms with Crippen LogP contribution >= 0.6 is 23.1 Å². The Hall–Kier alpha value is -1.64. The molecule has 0 aromatic carbocycles. The highest BCUT2D eigenvalue weighted by Gasteiger charge is 2.37. The lowest BCUT2D eigenvalue weighted by Crippen LogP contribution is -2.67. The number of thioether (sulfide) groups is 1. The van der Waals surface area contributed by atoms with Gasteiger partial charge in [0.25, 0.3) is 0 Å². The van der Waals surface area contributed by atoms with E-state index in [4.69, 9.17) is 10.1 Å². The average Bonchev–Trinajstić information content (AvgIpc) is 3.23. The molecule has 118 valence electrons. The summed E-state index contributed by atoms with van der Waals surface area (Å²) in [7, 11) is 0. The highest BCUT2D eigenvalue weighted by molar-refractivity contribution is 7.98. The zero-order valence-corrected chi connectivity index (χ0v) is 14.3.